The highest BCUT2D eigenvalue weighted by molar-refractivity contribution is 5.71. The van der Waals surface area contributed by atoms with Crippen LogP contribution in [0.4, 0.5) is 0 Å². The summed E-state index contributed by atoms with van der Waals surface area (Å²) in [5.74, 6) is 0.343. The summed E-state index contributed by atoms with van der Waals surface area (Å²) in [6.07, 6.45) is 0.691. The number of hydrogen-bond acceptors (Lipinski definition) is 2. The molecule has 0 fully saturated rings. The predicted molar refractivity (Wildman–Crippen MR) is 36.4 cm³/mol. The lowest BCUT2D eigenvalue weighted by atomic mass is 10.5. The molecule has 0 spiro atoms. The Morgan fingerprint density at radius 3 is 1.88 bits per heavy atom. The van der Waals surface area contributed by atoms with Crippen LogP contribution in [-0.4, -0.2) is 13.0 Å². The van der Waals surface area contributed by atoms with E-state index in [1.54, 1.807) is 0 Å². The number of rotatable bonds is 1. The molecule has 0 heterocycles. The molecule has 0 aliphatic heterocycles. The smallest absolute Gasteiger partial charge is 0.179 e. The fraction of sp³-hybridized carbons (Fsp3) is 0.833. The zero-order chi connectivity index (χ0) is 6.99. The topological polar surface area (TPSA) is 33.1 Å². The highest BCUT2D eigenvalue weighted by Crippen LogP contribution is 1.77. The molecule has 2 nitrogen and oxygen atoms in total. The van der Waals surface area contributed by atoms with Gasteiger partial charge >= 0.3 is 0 Å². The van der Waals surface area contributed by atoms with Crippen LogP contribution >= 0.6 is 0 Å². The van der Waals surface area contributed by atoms with Crippen molar-refractivity contribution in [2.24, 2.45) is 0 Å². The van der Waals surface area contributed by atoms with Crippen molar-refractivity contribution in [2.75, 3.05) is 7.11 Å². The first-order chi connectivity index (χ1) is 3.81. The van der Waals surface area contributed by atoms with E-state index >= 15 is 0 Å². The van der Waals surface area contributed by atoms with Gasteiger partial charge in [-0.3, -0.25) is 5.41 Å². The van der Waals surface area contributed by atoms with Crippen LogP contribution in [0.5, 0.6) is 0 Å². The van der Waals surface area contributed by atoms with Gasteiger partial charge in [0.2, 0.25) is 0 Å². The lowest BCUT2D eigenvalue weighted by Crippen LogP contribution is -1.93. The molecule has 2 heteroatoms. The molecule has 0 aliphatic carbocycles. The van der Waals surface area contributed by atoms with E-state index in [9.17, 15) is 0 Å². The van der Waals surface area contributed by atoms with Gasteiger partial charge in [-0.25, -0.2) is 0 Å². The van der Waals surface area contributed by atoms with Gasteiger partial charge in [-0.1, -0.05) is 20.8 Å². The van der Waals surface area contributed by atoms with Crippen LogP contribution < -0.4 is 0 Å². The van der Waals surface area contributed by atoms with Crippen LogP contribution in [0.25, 0.3) is 0 Å². The van der Waals surface area contributed by atoms with Crippen molar-refractivity contribution in [1.29, 1.82) is 5.41 Å². The highest BCUT2D eigenvalue weighted by Gasteiger charge is 1.81. The Labute approximate surface area is 51.4 Å². The first kappa shape index (κ1) is 10.5. The van der Waals surface area contributed by atoms with Gasteiger partial charge in [-0.05, 0) is 0 Å². The van der Waals surface area contributed by atoms with E-state index in [4.69, 9.17) is 5.41 Å². The summed E-state index contributed by atoms with van der Waals surface area (Å²) in [6, 6.07) is 0. The molecular formula is C6H15NO. The molecule has 0 atom stereocenters. The zero-order valence-electron chi connectivity index (χ0n) is 6.12. The van der Waals surface area contributed by atoms with Crippen LogP contribution in [0.1, 0.15) is 27.2 Å². The Hall–Kier alpha value is -0.530. The number of ether oxygens (including phenoxy) is 1. The largest absolute Gasteiger partial charge is 0.484 e. The Kier molecular flexibility index (Phi) is 12.7. The van der Waals surface area contributed by atoms with Crippen LogP contribution in [-0.2, 0) is 4.74 Å². The van der Waals surface area contributed by atoms with E-state index in [2.05, 4.69) is 4.74 Å². The van der Waals surface area contributed by atoms with Crippen molar-refractivity contribution in [1.82, 2.24) is 0 Å². The van der Waals surface area contributed by atoms with Crippen molar-refractivity contribution in [3.8, 4) is 0 Å². The Bertz CT molecular complexity index is 46.5. The minimum atomic E-state index is 0.343. The molecule has 8 heavy (non-hydrogen) atoms. The van der Waals surface area contributed by atoms with Crippen molar-refractivity contribution in [3.05, 3.63) is 0 Å². The van der Waals surface area contributed by atoms with Gasteiger partial charge in [0.25, 0.3) is 0 Å². The first-order valence-electron chi connectivity index (χ1n) is 2.92. The molecule has 0 saturated carbocycles. The average Bonchev–Trinajstić information content (AvgIpc) is 1.91. The standard InChI is InChI=1S/C4H9NO.C2H6/c1-3-4(5)6-2;1-2/h5H,3H2,1-2H3;1-2H3. The van der Waals surface area contributed by atoms with E-state index in [0.717, 1.165) is 0 Å². The van der Waals surface area contributed by atoms with Gasteiger partial charge in [0.15, 0.2) is 5.90 Å². The minimum absolute atomic E-state index is 0.343. The Morgan fingerprint density at radius 1 is 1.50 bits per heavy atom. The summed E-state index contributed by atoms with van der Waals surface area (Å²) in [6.45, 7) is 5.88. The fourth-order valence-electron chi connectivity index (χ4n) is 0.144. The van der Waals surface area contributed by atoms with Gasteiger partial charge in [0.1, 0.15) is 0 Å². The van der Waals surface area contributed by atoms with E-state index in [-0.39, 0.29) is 0 Å². The molecule has 0 aromatic carbocycles. The molecule has 0 aliphatic rings. The second-order valence-electron chi connectivity index (χ2n) is 0.981. The number of methoxy groups -OCH3 is 1. The number of hydrogen-bond donors (Lipinski definition) is 1. The van der Waals surface area contributed by atoms with Crippen molar-refractivity contribution in [3.63, 3.8) is 0 Å². The molecule has 0 aromatic heterocycles. The summed E-state index contributed by atoms with van der Waals surface area (Å²) in [4.78, 5) is 0. The van der Waals surface area contributed by atoms with Gasteiger partial charge in [-0.15, -0.1) is 0 Å². The van der Waals surface area contributed by atoms with Crippen molar-refractivity contribution >= 4 is 5.90 Å². The Morgan fingerprint density at radius 2 is 1.88 bits per heavy atom. The molecule has 0 amide bonds. The second kappa shape index (κ2) is 9.69. The lowest BCUT2D eigenvalue weighted by molar-refractivity contribution is 0.388. The SMILES string of the molecule is CC.CCC(=N)OC. The molecule has 50 valence electrons. The third kappa shape index (κ3) is 9.08. The summed E-state index contributed by atoms with van der Waals surface area (Å²) < 4.78 is 4.48. The molecule has 0 aromatic rings. The van der Waals surface area contributed by atoms with Crippen LogP contribution in [0, 0.1) is 5.41 Å². The monoisotopic (exact) mass is 117 g/mol. The molecule has 0 radical (unpaired) electrons. The molecule has 0 rings (SSSR count). The Balaban J connectivity index is 0. The molecule has 0 saturated heterocycles. The average molecular weight is 117 g/mol. The number of nitrogens with one attached hydrogen (secondary N) is 1. The maximum atomic E-state index is 6.76. The van der Waals surface area contributed by atoms with Crippen LogP contribution in [0.3, 0.4) is 0 Å². The third-order valence-corrected chi connectivity index (χ3v) is 0.568. The van der Waals surface area contributed by atoms with Crippen LogP contribution in [0.2, 0.25) is 0 Å². The van der Waals surface area contributed by atoms with Gasteiger partial charge in [-0.2, -0.15) is 0 Å². The summed E-state index contributed by atoms with van der Waals surface area (Å²) in [5.41, 5.74) is 0. The van der Waals surface area contributed by atoms with Crippen molar-refractivity contribution in [2.45, 2.75) is 27.2 Å². The fourth-order valence-corrected chi connectivity index (χ4v) is 0.144. The summed E-state index contributed by atoms with van der Waals surface area (Å²) in [5, 5.41) is 6.76. The van der Waals surface area contributed by atoms with Crippen molar-refractivity contribution < 1.29 is 4.74 Å². The highest BCUT2D eigenvalue weighted by atomic mass is 16.5. The predicted octanol–water partition coefficient (Wildman–Crippen LogP) is 2.05. The second-order valence-corrected chi connectivity index (χ2v) is 0.981. The summed E-state index contributed by atoms with van der Waals surface area (Å²) >= 11 is 0. The maximum absolute atomic E-state index is 6.76. The van der Waals surface area contributed by atoms with E-state index in [1.165, 1.54) is 7.11 Å². The maximum Gasteiger partial charge on any atom is 0.179 e. The quantitative estimate of drug-likeness (QED) is 0.414. The molecule has 1 N–H and O–H groups in total. The molecule has 0 unspecified atom stereocenters. The van der Waals surface area contributed by atoms with E-state index in [1.807, 2.05) is 20.8 Å². The van der Waals surface area contributed by atoms with Crippen LogP contribution in [0.15, 0.2) is 0 Å². The van der Waals surface area contributed by atoms with Gasteiger partial charge in [0.05, 0.1) is 7.11 Å². The lowest BCUT2D eigenvalue weighted by Gasteiger charge is -1.91. The molecular weight excluding hydrogens is 102 g/mol. The molecule has 0 bridgehead atoms. The normalized spacial score (nSPS) is 6.50. The van der Waals surface area contributed by atoms with E-state index in [0.29, 0.717) is 12.3 Å². The summed E-state index contributed by atoms with van der Waals surface area (Å²) in [7, 11) is 1.51. The van der Waals surface area contributed by atoms with E-state index < -0.39 is 0 Å². The minimum Gasteiger partial charge on any atom is -0.484 e. The van der Waals surface area contributed by atoms with Gasteiger partial charge < -0.3 is 4.74 Å². The zero-order valence-corrected chi connectivity index (χ0v) is 6.12. The first-order valence-corrected chi connectivity index (χ1v) is 2.92. The van der Waals surface area contributed by atoms with Gasteiger partial charge in [0, 0.05) is 6.42 Å². The third-order valence-electron chi connectivity index (χ3n) is 0.568.